The number of aromatic nitrogens is 1. The molecule has 0 radical (unpaired) electrons. The molecule has 4 aromatic rings. The van der Waals surface area contributed by atoms with Gasteiger partial charge in [-0.1, -0.05) is 42.5 Å². The number of non-ortho nitro benzene ring substituents is 1. The van der Waals surface area contributed by atoms with Crippen LogP contribution in [0.2, 0.25) is 0 Å². The maximum Gasteiger partial charge on any atom is 0.269 e. The van der Waals surface area contributed by atoms with Crippen molar-refractivity contribution < 1.29 is 14.1 Å². The highest BCUT2D eigenvalue weighted by atomic mass is 32.1. The standard InChI is InChI=1S/C23H16FN3O3S/c24-19-7-3-1-5-17(19)23-26-21(14-31-23)18-6-2-4-8-20(18)25-22(28)13-15-9-11-16(12-10-15)27(29)30/h1-12,14H,13H2,(H,25,28). The lowest BCUT2D eigenvalue weighted by atomic mass is 10.1. The summed E-state index contributed by atoms with van der Waals surface area (Å²) in [7, 11) is 0. The third-order valence-electron chi connectivity index (χ3n) is 4.60. The Bertz CT molecular complexity index is 1250. The highest BCUT2D eigenvalue weighted by molar-refractivity contribution is 7.13. The number of benzene rings is 3. The molecule has 0 fully saturated rings. The molecule has 1 N–H and O–H groups in total. The normalized spacial score (nSPS) is 10.6. The molecule has 31 heavy (non-hydrogen) atoms. The SMILES string of the molecule is O=C(Cc1ccc([N+](=O)[O-])cc1)Nc1ccccc1-c1csc(-c2ccccc2F)n1. The average molecular weight is 433 g/mol. The number of nitrogens with one attached hydrogen (secondary N) is 1. The van der Waals surface area contributed by atoms with Crippen LogP contribution in [0.5, 0.6) is 0 Å². The zero-order valence-electron chi connectivity index (χ0n) is 16.1. The molecule has 0 unspecified atom stereocenters. The van der Waals surface area contributed by atoms with Crippen molar-refractivity contribution in [2.45, 2.75) is 6.42 Å². The predicted molar refractivity (Wildman–Crippen MR) is 118 cm³/mol. The van der Waals surface area contributed by atoms with Gasteiger partial charge in [0.15, 0.2) is 0 Å². The molecule has 0 aliphatic heterocycles. The van der Waals surface area contributed by atoms with Crippen molar-refractivity contribution in [3.8, 4) is 21.8 Å². The van der Waals surface area contributed by atoms with Crippen LogP contribution in [0, 0.1) is 15.9 Å². The summed E-state index contributed by atoms with van der Waals surface area (Å²) in [5, 5.41) is 16.0. The van der Waals surface area contributed by atoms with E-state index in [0.29, 0.717) is 27.5 Å². The number of nitro groups is 1. The number of nitro benzene ring substituents is 1. The second-order valence-electron chi connectivity index (χ2n) is 6.71. The van der Waals surface area contributed by atoms with Crippen molar-refractivity contribution in [1.82, 2.24) is 4.98 Å². The summed E-state index contributed by atoms with van der Waals surface area (Å²) in [5.74, 6) is -0.598. The fourth-order valence-corrected chi connectivity index (χ4v) is 3.93. The molecule has 1 aromatic heterocycles. The molecule has 6 nitrogen and oxygen atoms in total. The van der Waals surface area contributed by atoms with Crippen LogP contribution in [0.1, 0.15) is 5.56 Å². The first-order valence-corrected chi connectivity index (χ1v) is 10.2. The molecule has 0 saturated carbocycles. The zero-order chi connectivity index (χ0) is 21.8. The zero-order valence-corrected chi connectivity index (χ0v) is 16.9. The molecule has 1 amide bonds. The number of nitrogens with zero attached hydrogens (tertiary/aromatic N) is 2. The molecule has 3 aromatic carbocycles. The molecular weight excluding hydrogens is 417 g/mol. The number of hydrogen-bond donors (Lipinski definition) is 1. The summed E-state index contributed by atoms with van der Waals surface area (Å²) in [6, 6.07) is 19.6. The largest absolute Gasteiger partial charge is 0.325 e. The van der Waals surface area contributed by atoms with Gasteiger partial charge < -0.3 is 5.32 Å². The quantitative estimate of drug-likeness (QED) is 0.312. The molecule has 0 atom stereocenters. The van der Waals surface area contributed by atoms with E-state index in [4.69, 9.17) is 0 Å². The van der Waals surface area contributed by atoms with Gasteiger partial charge in [0.25, 0.3) is 5.69 Å². The third kappa shape index (κ3) is 4.65. The summed E-state index contributed by atoms with van der Waals surface area (Å²) in [6.45, 7) is 0. The second kappa shape index (κ2) is 8.85. The Labute approximate surface area is 181 Å². The van der Waals surface area contributed by atoms with E-state index in [2.05, 4.69) is 10.3 Å². The topological polar surface area (TPSA) is 85.1 Å². The lowest BCUT2D eigenvalue weighted by Gasteiger charge is -2.10. The van der Waals surface area contributed by atoms with Crippen LogP contribution >= 0.6 is 11.3 Å². The van der Waals surface area contributed by atoms with E-state index >= 15 is 0 Å². The highest BCUT2D eigenvalue weighted by Gasteiger charge is 2.14. The van der Waals surface area contributed by atoms with Crippen LogP contribution in [-0.2, 0) is 11.2 Å². The first kappa shape index (κ1) is 20.4. The maximum atomic E-state index is 14.1. The smallest absolute Gasteiger partial charge is 0.269 e. The van der Waals surface area contributed by atoms with E-state index in [0.717, 1.165) is 5.56 Å². The molecule has 0 bridgehead atoms. The van der Waals surface area contributed by atoms with Crippen LogP contribution in [0.25, 0.3) is 21.8 Å². The summed E-state index contributed by atoms with van der Waals surface area (Å²) < 4.78 is 14.1. The Morgan fingerprint density at radius 2 is 1.68 bits per heavy atom. The van der Waals surface area contributed by atoms with Crippen molar-refractivity contribution in [1.29, 1.82) is 0 Å². The number of rotatable bonds is 6. The van der Waals surface area contributed by atoms with Crippen molar-refractivity contribution in [3.05, 3.63) is 99.7 Å². The van der Waals surface area contributed by atoms with E-state index in [-0.39, 0.29) is 23.8 Å². The minimum absolute atomic E-state index is 0.0244. The number of carbonyl (C=O) groups is 1. The number of thiazole rings is 1. The summed E-state index contributed by atoms with van der Waals surface area (Å²) in [4.78, 5) is 27.4. The van der Waals surface area contributed by atoms with E-state index in [9.17, 15) is 19.3 Å². The number of halogens is 1. The average Bonchev–Trinajstić information content (AvgIpc) is 3.24. The molecule has 8 heteroatoms. The summed E-state index contributed by atoms with van der Waals surface area (Å²) in [5.41, 5.74) is 3.01. The molecular formula is C23H16FN3O3S. The van der Waals surface area contributed by atoms with Gasteiger partial charge in [0.2, 0.25) is 5.91 Å². The van der Waals surface area contributed by atoms with Crippen LogP contribution in [0.3, 0.4) is 0 Å². The Balaban J connectivity index is 1.53. The van der Waals surface area contributed by atoms with E-state index in [1.807, 2.05) is 17.5 Å². The van der Waals surface area contributed by atoms with Gasteiger partial charge in [-0.05, 0) is 23.8 Å². The maximum absolute atomic E-state index is 14.1. The Morgan fingerprint density at radius 1 is 1.00 bits per heavy atom. The van der Waals surface area contributed by atoms with E-state index in [1.165, 1.54) is 29.5 Å². The Kier molecular flexibility index (Phi) is 5.81. The van der Waals surface area contributed by atoms with Gasteiger partial charge in [-0.25, -0.2) is 9.37 Å². The highest BCUT2D eigenvalue weighted by Crippen LogP contribution is 2.33. The summed E-state index contributed by atoms with van der Waals surface area (Å²) >= 11 is 1.33. The van der Waals surface area contributed by atoms with E-state index in [1.54, 1.807) is 42.5 Å². The molecule has 0 saturated heterocycles. The molecule has 0 aliphatic rings. The lowest BCUT2D eigenvalue weighted by Crippen LogP contribution is -2.15. The molecule has 0 aliphatic carbocycles. The van der Waals surface area contributed by atoms with Crippen LogP contribution < -0.4 is 5.32 Å². The van der Waals surface area contributed by atoms with Gasteiger partial charge in [0.05, 0.1) is 22.7 Å². The van der Waals surface area contributed by atoms with Crippen LogP contribution in [0.4, 0.5) is 15.8 Å². The van der Waals surface area contributed by atoms with Gasteiger partial charge in [-0.2, -0.15) is 0 Å². The molecule has 0 spiro atoms. The monoisotopic (exact) mass is 433 g/mol. The van der Waals surface area contributed by atoms with Crippen molar-refractivity contribution in [3.63, 3.8) is 0 Å². The van der Waals surface area contributed by atoms with Gasteiger partial charge in [0.1, 0.15) is 10.8 Å². The fourth-order valence-electron chi connectivity index (χ4n) is 3.09. The van der Waals surface area contributed by atoms with Gasteiger partial charge >= 0.3 is 0 Å². The van der Waals surface area contributed by atoms with Crippen LogP contribution in [0.15, 0.2) is 78.2 Å². The molecule has 154 valence electrons. The van der Waals surface area contributed by atoms with Crippen LogP contribution in [-0.4, -0.2) is 15.8 Å². The van der Waals surface area contributed by atoms with Crippen molar-refractivity contribution in [2.24, 2.45) is 0 Å². The third-order valence-corrected chi connectivity index (χ3v) is 5.47. The number of hydrogen-bond acceptors (Lipinski definition) is 5. The Morgan fingerprint density at radius 3 is 2.39 bits per heavy atom. The number of amides is 1. The van der Waals surface area contributed by atoms with Gasteiger partial charge in [0, 0.05) is 28.6 Å². The summed E-state index contributed by atoms with van der Waals surface area (Å²) in [6.07, 6.45) is 0.0733. The van der Waals surface area contributed by atoms with Crippen molar-refractivity contribution in [2.75, 3.05) is 5.32 Å². The number of carbonyl (C=O) groups excluding carboxylic acids is 1. The van der Waals surface area contributed by atoms with Crippen molar-refractivity contribution >= 4 is 28.6 Å². The van der Waals surface area contributed by atoms with Gasteiger partial charge in [-0.15, -0.1) is 11.3 Å². The fraction of sp³-hybridized carbons (Fsp3) is 0.0435. The lowest BCUT2D eigenvalue weighted by molar-refractivity contribution is -0.384. The first-order valence-electron chi connectivity index (χ1n) is 9.34. The Hall–Kier alpha value is -3.91. The minimum Gasteiger partial charge on any atom is -0.325 e. The second-order valence-corrected chi connectivity index (χ2v) is 7.57. The predicted octanol–water partition coefficient (Wildman–Crippen LogP) is 5.71. The minimum atomic E-state index is -0.483. The number of anilines is 1. The number of para-hydroxylation sites is 1. The molecule has 1 heterocycles. The van der Waals surface area contributed by atoms with Gasteiger partial charge in [-0.3, -0.25) is 14.9 Å². The van der Waals surface area contributed by atoms with E-state index < -0.39 is 4.92 Å². The molecule has 4 rings (SSSR count). The first-order chi connectivity index (χ1) is 15.0.